The Morgan fingerprint density at radius 1 is 1.31 bits per heavy atom. The number of aliphatic carboxylic acids is 1. The molecule has 0 atom stereocenters. The van der Waals surface area contributed by atoms with Crippen molar-refractivity contribution in [2.24, 2.45) is 5.41 Å². The fourth-order valence-corrected chi connectivity index (χ4v) is 1.96. The average Bonchev–Trinajstić information content (AvgIpc) is 2.73. The van der Waals surface area contributed by atoms with E-state index in [0.717, 1.165) is 12.8 Å². The Morgan fingerprint density at radius 2 is 1.94 bits per heavy atom. The van der Waals surface area contributed by atoms with Crippen molar-refractivity contribution >= 4 is 12.0 Å². The normalized spacial score (nSPS) is 17.4. The molecule has 1 saturated carbocycles. The topological polar surface area (TPSA) is 78.4 Å². The van der Waals surface area contributed by atoms with Gasteiger partial charge in [0.2, 0.25) is 0 Å². The molecule has 5 heteroatoms. The Labute approximate surface area is 94.6 Å². The molecule has 0 heterocycles. The average molecular weight is 224 g/mol. The summed E-state index contributed by atoms with van der Waals surface area (Å²) < 4.78 is 0. The van der Waals surface area contributed by atoms with Gasteiger partial charge >= 0.3 is 12.0 Å². The van der Waals surface area contributed by atoms with E-state index in [2.05, 4.69) is 16.6 Å². The number of terminal acetylenes is 1. The van der Waals surface area contributed by atoms with E-state index in [1.54, 1.807) is 0 Å². The maximum atomic E-state index is 11.2. The van der Waals surface area contributed by atoms with Gasteiger partial charge < -0.3 is 15.7 Å². The Bertz CT molecular complexity index is 314. The molecule has 1 aliphatic carbocycles. The molecule has 0 aromatic heterocycles. The van der Waals surface area contributed by atoms with Gasteiger partial charge in [-0.15, -0.1) is 6.42 Å². The van der Waals surface area contributed by atoms with Crippen LogP contribution in [-0.2, 0) is 4.79 Å². The molecule has 0 unspecified atom stereocenters. The molecule has 0 saturated heterocycles. The third-order valence-corrected chi connectivity index (χ3v) is 2.95. The van der Waals surface area contributed by atoms with Gasteiger partial charge in [0.15, 0.2) is 0 Å². The molecule has 0 aliphatic heterocycles. The van der Waals surface area contributed by atoms with Crippen molar-refractivity contribution in [2.75, 3.05) is 13.1 Å². The van der Waals surface area contributed by atoms with Crippen molar-refractivity contribution in [3.8, 4) is 12.3 Å². The summed E-state index contributed by atoms with van der Waals surface area (Å²) in [5.41, 5.74) is -0.784. The Morgan fingerprint density at radius 3 is 2.44 bits per heavy atom. The minimum Gasteiger partial charge on any atom is -0.481 e. The van der Waals surface area contributed by atoms with Crippen LogP contribution in [-0.4, -0.2) is 30.2 Å². The second-order valence-electron chi connectivity index (χ2n) is 4.03. The lowest BCUT2D eigenvalue weighted by molar-refractivity contribution is -0.148. The molecule has 1 rings (SSSR count). The van der Waals surface area contributed by atoms with E-state index in [-0.39, 0.29) is 13.1 Å². The van der Waals surface area contributed by atoms with Crippen molar-refractivity contribution in [3.63, 3.8) is 0 Å². The van der Waals surface area contributed by atoms with Crippen molar-refractivity contribution in [1.29, 1.82) is 0 Å². The number of rotatable bonds is 4. The predicted octanol–water partition coefficient (Wildman–Crippen LogP) is 0.564. The fourth-order valence-electron chi connectivity index (χ4n) is 1.96. The highest BCUT2D eigenvalue weighted by molar-refractivity contribution is 5.78. The lowest BCUT2D eigenvalue weighted by Gasteiger charge is -2.23. The van der Waals surface area contributed by atoms with Crippen molar-refractivity contribution in [2.45, 2.75) is 25.7 Å². The first-order valence-electron chi connectivity index (χ1n) is 5.29. The maximum absolute atomic E-state index is 11.2. The third kappa shape index (κ3) is 2.89. The van der Waals surface area contributed by atoms with E-state index >= 15 is 0 Å². The molecule has 0 aromatic carbocycles. The first-order valence-corrected chi connectivity index (χ1v) is 5.29. The molecule has 0 spiro atoms. The molecule has 0 aromatic rings. The third-order valence-electron chi connectivity index (χ3n) is 2.95. The van der Waals surface area contributed by atoms with E-state index in [1.165, 1.54) is 0 Å². The quantitative estimate of drug-likeness (QED) is 0.611. The molecule has 1 aliphatic rings. The minimum atomic E-state index is -0.831. The Kier molecular flexibility index (Phi) is 4.18. The van der Waals surface area contributed by atoms with E-state index in [4.69, 9.17) is 11.5 Å². The van der Waals surface area contributed by atoms with Crippen LogP contribution in [0.3, 0.4) is 0 Å². The highest BCUT2D eigenvalue weighted by Gasteiger charge is 2.41. The molecule has 1 fully saturated rings. The molecule has 0 bridgehead atoms. The lowest BCUT2D eigenvalue weighted by atomic mass is 9.86. The van der Waals surface area contributed by atoms with E-state index in [0.29, 0.717) is 12.8 Å². The molecular formula is C11H16N2O3. The van der Waals surface area contributed by atoms with Crippen LogP contribution < -0.4 is 10.6 Å². The van der Waals surface area contributed by atoms with Gasteiger partial charge in [0.1, 0.15) is 0 Å². The number of carbonyl (C=O) groups excluding carboxylic acids is 1. The van der Waals surface area contributed by atoms with Gasteiger partial charge in [-0.05, 0) is 12.8 Å². The van der Waals surface area contributed by atoms with Crippen LogP contribution in [0.2, 0.25) is 0 Å². The highest BCUT2D eigenvalue weighted by atomic mass is 16.4. The number of nitrogens with one attached hydrogen (secondary N) is 2. The van der Waals surface area contributed by atoms with Gasteiger partial charge in [0, 0.05) is 6.54 Å². The molecular weight excluding hydrogens is 208 g/mol. The number of amides is 2. The molecule has 5 nitrogen and oxygen atoms in total. The first-order chi connectivity index (χ1) is 7.60. The first kappa shape index (κ1) is 12.4. The van der Waals surface area contributed by atoms with Crippen LogP contribution in [0.25, 0.3) is 0 Å². The van der Waals surface area contributed by atoms with Crippen molar-refractivity contribution < 1.29 is 14.7 Å². The van der Waals surface area contributed by atoms with Gasteiger partial charge in [-0.3, -0.25) is 4.79 Å². The van der Waals surface area contributed by atoms with Crippen molar-refractivity contribution in [3.05, 3.63) is 0 Å². The number of carbonyl (C=O) groups is 2. The zero-order valence-electron chi connectivity index (χ0n) is 9.08. The number of carboxylic acids is 1. The van der Waals surface area contributed by atoms with Crippen LogP contribution in [0.5, 0.6) is 0 Å². The summed E-state index contributed by atoms with van der Waals surface area (Å²) >= 11 is 0. The van der Waals surface area contributed by atoms with Crippen LogP contribution in [0.4, 0.5) is 4.79 Å². The smallest absolute Gasteiger partial charge is 0.315 e. The molecule has 16 heavy (non-hydrogen) atoms. The fraction of sp³-hybridized carbons (Fsp3) is 0.636. The van der Waals surface area contributed by atoms with E-state index in [1.807, 2.05) is 0 Å². The molecule has 88 valence electrons. The summed E-state index contributed by atoms with van der Waals surface area (Å²) in [4.78, 5) is 22.4. The summed E-state index contributed by atoms with van der Waals surface area (Å²) in [7, 11) is 0. The monoisotopic (exact) mass is 224 g/mol. The summed E-state index contributed by atoms with van der Waals surface area (Å²) in [6.07, 6.45) is 8.03. The lowest BCUT2D eigenvalue weighted by Crippen LogP contribution is -2.45. The van der Waals surface area contributed by atoms with Gasteiger partial charge in [0.25, 0.3) is 0 Å². The van der Waals surface area contributed by atoms with Gasteiger partial charge in [-0.25, -0.2) is 4.79 Å². The summed E-state index contributed by atoms with van der Waals surface area (Å²) in [5.74, 6) is 1.44. The zero-order chi connectivity index (χ0) is 12.0. The largest absolute Gasteiger partial charge is 0.481 e. The second kappa shape index (κ2) is 5.40. The SMILES string of the molecule is C#CCNC(=O)NCC1(C(=O)O)CCCC1. The maximum Gasteiger partial charge on any atom is 0.315 e. The van der Waals surface area contributed by atoms with Crippen LogP contribution in [0, 0.1) is 17.8 Å². The van der Waals surface area contributed by atoms with Gasteiger partial charge in [0.05, 0.1) is 12.0 Å². The predicted molar refractivity (Wildman–Crippen MR) is 58.8 cm³/mol. The van der Waals surface area contributed by atoms with Crippen LogP contribution >= 0.6 is 0 Å². The Hall–Kier alpha value is -1.70. The summed E-state index contributed by atoms with van der Waals surface area (Å²) in [6.45, 7) is 0.310. The van der Waals surface area contributed by atoms with Gasteiger partial charge in [-0.1, -0.05) is 18.8 Å². The second-order valence-corrected chi connectivity index (χ2v) is 4.03. The van der Waals surface area contributed by atoms with Crippen LogP contribution in [0.1, 0.15) is 25.7 Å². The Balaban J connectivity index is 2.43. The number of hydrogen-bond acceptors (Lipinski definition) is 2. The van der Waals surface area contributed by atoms with Gasteiger partial charge in [-0.2, -0.15) is 0 Å². The van der Waals surface area contributed by atoms with E-state index in [9.17, 15) is 9.59 Å². The standard InChI is InChI=1S/C11H16N2O3/c1-2-7-12-10(16)13-8-11(9(14)15)5-3-4-6-11/h1H,3-8H2,(H,14,15)(H2,12,13,16). The summed E-state index contributed by atoms with van der Waals surface area (Å²) in [5, 5.41) is 14.1. The van der Waals surface area contributed by atoms with Crippen LogP contribution in [0.15, 0.2) is 0 Å². The number of carboxylic acid groups (broad SMARTS) is 1. The van der Waals surface area contributed by atoms with Crippen molar-refractivity contribution in [1.82, 2.24) is 10.6 Å². The van der Waals surface area contributed by atoms with E-state index < -0.39 is 17.4 Å². The number of hydrogen-bond donors (Lipinski definition) is 3. The minimum absolute atomic E-state index is 0.145. The molecule has 0 radical (unpaired) electrons. The molecule has 3 N–H and O–H groups in total. The highest BCUT2D eigenvalue weighted by Crippen LogP contribution is 2.37. The summed E-state index contributed by atoms with van der Waals surface area (Å²) in [6, 6.07) is -0.412. The zero-order valence-corrected chi connectivity index (χ0v) is 9.08. The molecule has 2 amide bonds. The number of urea groups is 1.